The summed E-state index contributed by atoms with van der Waals surface area (Å²) in [5.41, 5.74) is 1.65. The first kappa shape index (κ1) is 17.3. The van der Waals surface area contributed by atoms with Crippen molar-refractivity contribution in [3.05, 3.63) is 29.1 Å². The summed E-state index contributed by atoms with van der Waals surface area (Å²) in [6.07, 6.45) is 1.73. The van der Waals surface area contributed by atoms with Crippen LogP contribution in [0.5, 0.6) is 0 Å². The predicted octanol–water partition coefficient (Wildman–Crippen LogP) is 2.94. The van der Waals surface area contributed by atoms with E-state index in [1.54, 1.807) is 17.9 Å². The van der Waals surface area contributed by atoms with Crippen LogP contribution in [0, 0.1) is 30.0 Å². The lowest BCUT2D eigenvalue weighted by atomic mass is 9.90. The molecule has 1 unspecified atom stereocenters. The average Bonchev–Trinajstić information content (AvgIpc) is 2.50. The molecule has 124 valence electrons. The van der Waals surface area contributed by atoms with Gasteiger partial charge in [-0.25, -0.2) is 4.39 Å². The summed E-state index contributed by atoms with van der Waals surface area (Å²) in [5.74, 6) is -0.550. The first-order chi connectivity index (χ1) is 10.8. The fourth-order valence-electron chi connectivity index (χ4n) is 2.89. The zero-order chi connectivity index (χ0) is 17.2. The lowest BCUT2D eigenvalue weighted by Gasteiger charge is -2.34. The van der Waals surface area contributed by atoms with E-state index in [-0.39, 0.29) is 24.2 Å². The zero-order valence-electron chi connectivity index (χ0n) is 14.2. The van der Waals surface area contributed by atoms with E-state index in [2.05, 4.69) is 11.4 Å². The summed E-state index contributed by atoms with van der Waals surface area (Å²) < 4.78 is 14.3. The molecule has 1 aliphatic heterocycles. The molecule has 1 aromatic rings. The number of carbonyl (C=O) groups excluding carboxylic acids is 1. The van der Waals surface area contributed by atoms with Crippen molar-refractivity contribution < 1.29 is 9.18 Å². The van der Waals surface area contributed by atoms with Crippen LogP contribution in [0.4, 0.5) is 10.1 Å². The third-order valence-corrected chi connectivity index (χ3v) is 4.76. The number of amides is 1. The molecule has 4 nitrogen and oxygen atoms in total. The van der Waals surface area contributed by atoms with Gasteiger partial charge in [-0.3, -0.25) is 4.79 Å². The molecule has 1 aliphatic rings. The molecular formula is C18H24FN3O. The van der Waals surface area contributed by atoms with Gasteiger partial charge in [0.15, 0.2) is 0 Å². The topological polar surface area (TPSA) is 56.1 Å². The van der Waals surface area contributed by atoms with E-state index in [1.165, 1.54) is 6.07 Å². The van der Waals surface area contributed by atoms with Crippen LogP contribution < -0.4 is 10.2 Å². The van der Waals surface area contributed by atoms with Gasteiger partial charge in [-0.1, -0.05) is 19.9 Å². The number of anilines is 1. The van der Waals surface area contributed by atoms with Crippen LogP contribution >= 0.6 is 0 Å². The minimum Gasteiger partial charge on any atom is -0.360 e. The Morgan fingerprint density at radius 1 is 1.52 bits per heavy atom. The molecule has 1 aromatic carbocycles. The summed E-state index contributed by atoms with van der Waals surface area (Å²) in [6.45, 7) is 8.17. The quantitative estimate of drug-likeness (QED) is 0.929. The van der Waals surface area contributed by atoms with Crippen molar-refractivity contribution in [3.8, 4) is 6.07 Å². The lowest BCUT2D eigenvalue weighted by Crippen LogP contribution is -2.52. The van der Waals surface area contributed by atoms with Gasteiger partial charge in [-0.15, -0.1) is 0 Å². The number of carbonyl (C=O) groups is 1. The number of aryl methyl sites for hydroxylation is 1. The highest BCUT2D eigenvalue weighted by Gasteiger charge is 2.31. The molecule has 0 fully saturated rings. The van der Waals surface area contributed by atoms with Crippen molar-refractivity contribution in [2.24, 2.45) is 5.92 Å². The first-order valence-corrected chi connectivity index (χ1v) is 8.03. The van der Waals surface area contributed by atoms with Crippen molar-refractivity contribution >= 4 is 11.6 Å². The molecule has 0 spiro atoms. The first-order valence-electron chi connectivity index (χ1n) is 8.03. The monoisotopic (exact) mass is 317 g/mol. The second kappa shape index (κ2) is 6.57. The van der Waals surface area contributed by atoms with Gasteiger partial charge in [0.25, 0.3) is 0 Å². The van der Waals surface area contributed by atoms with E-state index in [1.807, 2.05) is 20.8 Å². The van der Waals surface area contributed by atoms with Crippen molar-refractivity contribution in [1.29, 1.82) is 5.26 Å². The van der Waals surface area contributed by atoms with E-state index in [0.717, 1.165) is 24.0 Å². The second-order valence-corrected chi connectivity index (χ2v) is 6.73. The molecule has 0 bridgehead atoms. The van der Waals surface area contributed by atoms with Crippen LogP contribution in [-0.4, -0.2) is 24.5 Å². The Morgan fingerprint density at radius 3 is 2.83 bits per heavy atom. The molecule has 0 saturated heterocycles. The maximum atomic E-state index is 14.3. The van der Waals surface area contributed by atoms with Crippen LogP contribution in [-0.2, 0) is 11.2 Å². The fourth-order valence-corrected chi connectivity index (χ4v) is 2.89. The third-order valence-electron chi connectivity index (χ3n) is 4.76. The highest BCUT2D eigenvalue weighted by Crippen LogP contribution is 2.32. The summed E-state index contributed by atoms with van der Waals surface area (Å²) in [7, 11) is 0. The van der Waals surface area contributed by atoms with Crippen molar-refractivity contribution in [3.63, 3.8) is 0 Å². The smallest absolute Gasteiger partial charge is 0.240 e. The van der Waals surface area contributed by atoms with Crippen LogP contribution in [0.2, 0.25) is 0 Å². The highest BCUT2D eigenvalue weighted by atomic mass is 19.1. The van der Waals surface area contributed by atoms with Gasteiger partial charge in [-0.2, -0.15) is 5.26 Å². The maximum Gasteiger partial charge on any atom is 0.240 e. The Morgan fingerprint density at radius 2 is 2.22 bits per heavy atom. The lowest BCUT2D eigenvalue weighted by molar-refractivity contribution is -0.121. The molecule has 0 saturated carbocycles. The van der Waals surface area contributed by atoms with Crippen molar-refractivity contribution in [2.45, 2.75) is 46.1 Å². The van der Waals surface area contributed by atoms with Crippen molar-refractivity contribution in [2.75, 3.05) is 18.0 Å². The second-order valence-electron chi connectivity index (χ2n) is 6.73. The predicted molar refractivity (Wildman–Crippen MR) is 88.7 cm³/mol. The van der Waals surface area contributed by atoms with Crippen LogP contribution in [0.15, 0.2) is 12.1 Å². The number of nitrogens with one attached hydrogen (secondary N) is 1. The fraction of sp³-hybridized carbons (Fsp3) is 0.556. The summed E-state index contributed by atoms with van der Waals surface area (Å²) in [5, 5.41) is 12.1. The van der Waals surface area contributed by atoms with E-state index in [9.17, 15) is 14.4 Å². The molecule has 2 rings (SSSR count). The van der Waals surface area contributed by atoms with Crippen LogP contribution in [0.25, 0.3) is 0 Å². The van der Waals surface area contributed by atoms with Gasteiger partial charge < -0.3 is 10.2 Å². The highest BCUT2D eigenvalue weighted by molar-refractivity contribution is 5.83. The molecule has 0 aliphatic carbocycles. The Kier molecular flexibility index (Phi) is 4.93. The normalized spacial score (nSPS) is 16.5. The molecular weight excluding hydrogens is 293 g/mol. The Balaban J connectivity index is 2.19. The number of rotatable bonds is 4. The van der Waals surface area contributed by atoms with E-state index >= 15 is 0 Å². The van der Waals surface area contributed by atoms with Crippen LogP contribution in [0.3, 0.4) is 0 Å². The molecule has 0 aromatic heterocycles. The number of hydrogen-bond acceptors (Lipinski definition) is 3. The van der Waals surface area contributed by atoms with E-state index in [0.29, 0.717) is 12.2 Å². The Bertz CT molecular complexity index is 650. The Hall–Kier alpha value is -2.09. The van der Waals surface area contributed by atoms with Crippen molar-refractivity contribution in [1.82, 2.24) is 5.32 Å². The zero-order valence-corrected chi connectivity index (χ0v) is 14.2. The molecule has 1 amide bonds. The van der Waals surface area contributed by atoms with Gasteiger partial charge in [0.05, 0.1) is 18.3 Å². The van der Waals surface area contributed by atoms with Crippen LogP contribution in [0.1, 0.15) is 38.3 Å². The van der Waals surface area contributed by atoms with Gasteiger partial charge >= 0.3 is 0 Å². The van der Waals surface area contributed by atoms with Gasteiger partial charge in [0, 0.05) is 6.54 Å². The number of nitriles is 1. The minimum atomic E-state index is -0.916. The largest absolute Gasteiger partial charge is 0.360 e. The molecule has 1 N–H and O–H groups in total. The van der Waals surface area contributed by atoms with E-state index in [4.69, 9.17) is 0 Å². The third kappa shape index (κ3) is 3.47. The maximum absolute atomic E-state index is 14.3. The average molecular weight is 317 g/mol. The standard InChI is InChI=1S/C18H24FN3O/c1-12(2)18(4,11-20)21-16(23)10-22-9-5-6-14-13(3)7-8-15(19)17(14)22/h7-8,12H,5-6,9-10H2,1-4H3,(H,21,23). The molecule has 1 heterocycles. The summed E-state index contributed by atoms with van der Waals surface area (Å²) >= 11 is 0. The van der Waals surface area contributed by atoms with Gasteiger partial charge in [-0.05, 0) is 49.8 Å². The molecule has 23 heavy (non-hydrogen) atoms. The SMILES string of the molecule is Cc1ccc(F)c2c1CCCN2CC(=O)NC(C)(C#N)C(C)C. The number of fused-ring (bicyclic) bond motifs is 1. The summed E-state index contributed by atoms with van der Waals surface area (Å²) in [6, 6.07) is 5.40. The number of halogens is 1. The molecule has 0 radical (unpaired) electrons. The Labute approximate surface area is 137 Å². The van der Waals surface area contributed by atoms with Gasteiger partial charge in [0.2, 0.25) is 5.91 Å². The number of hydrogen-bond donors (Lipinski definition) is 1. The number of nitrogens with zero attached hydrogens (tertiary/aromatic N) is 2. The number of benzene rings is 1. The summed E-state index contributed by atoms with van der Waals surface area (Å²) in [4.78, 5) is 14.2. The minimum absolute atomic E-state index is 0.0101. The molecule has 1 atom stereocenters. The molecule has 5 heteroatoms. The van der Waals surface area contributed by atoms with E-state index < -0.39 is 5.54 Å². The van der Waals surface area contributed by atoms with Gasteiger partial charge in [0.1, 0.15) is 11.4 Å².